The lowest BCUT2D eigenvalue weighted by atomic mass is 10.2. The minimum absolute atomic E-state index is 0.108. The zero-order chi connectivity index (χ0) is 15.4. The molecule has 0 heterocycles. The van der Waals surface area contributed by atoms with Gasteiger partial charge in [0.1, 0.15) is 0 Å². The SMILES string of the molecule is C/C=C/CCNS(=O)(=O)c1ccc(Cl)c(C(F)(F)F)c1. The summed E-state index contributed by atoms with van der Waals surface area (Å²) in [5.74, 6) is 0. The average Bonchev–Trinajstić information content (AvgIpc) is 2.33. The maximum Gasteiger partial charge on any atom is 0.417 e. The summed E-state index contributed by atoms with van der Waals surface area (Å²) in [6.07, 6.45) is -0.757. The number of sulfonamides is 1. The second-order valence-electron chi connectivity index (χ2n) is 3.89. The van der Waals surface area contributed by atoms with Crippen molar-refractivity contribution >= 4 is 21.6 Å². The van der Waals surface area contributed by atoms with Crippen molar-refractivity contribution in [3.8, 4) is 0 Å². The first-order valence-electron chi connectivity index (χ1n) is 5.66. The van der Waals surface area contributed by atoms with Crippen LogP contribution in [0.25, 0.3) is 0 Å². The van der Waals surface area contributed by atoms with Gasteiger partial charge in [0, 0.05) is 6.54 Å². The molecule has 20 heavy (non-hydrogen) atoms. The van der Waals surface area contributed by atoms with Gasteiger partial charge in [-0.05, 0) is 31.5 Å². The van der Waals surface area contributed by atoms with Gasteiger partial charge in [-0.3, -0.25) is 0 Å². The van der Waals surface area contributed by atoms with Crippen molar-refractivity contribution in [1.82, 2.24) is 4.72 Å². The Bertz CT molecular complexity index is 597. The Hall–Kier alpha value is -1.05. The fourth-order valence-electron chi connectivity index (χ4n) is 1.42. The molecule has 8 heteroatoms. The number of allylic oxidation sites excluding steroid dienone is 1. The normalized spacial score (nSPS) is 13.1. The second kappa shape index (κ2) is 6.60. The molecular weight excluding hydrogens is 315 g/mol. The van der Waals surface area contributed by atoms with Crippen LogP contribution in [-0.2, 0) is 16.2 Å². The van der Waals surface area contributed by atoms with Crippen LogP contribution in [0.3, 0.4) is 0 Å². The molecule has 0 bridgehead atoms. The van der Waals surface area contributed by atoms with E-state index in [9.17, 15) is 21.6 Å². The smallest absolute Gasteiger partial charge is 0.211 e. The number of nitrogens with one attached hydrogen (secondary N) is 1. The highest BCUT2D eigenvalue weighted by Crippen LogP contribution is 2.35. The van der Waals surface area contributed by atoms with Crippen LogP contribution in [0, 0.1) is 0 Å². The molecule has 1 aromatic rings. The summed E-state index contributed by atoms with van der Waals surface area (Å²) in [5, 5.41) is -0.537. The zero-order valence-corrected chi connectivity index (χ0v) is 12.1. The minimum Gasteiger partial charge on any atom is -0.211 e. The molecule has 1 N–H and O–H groups in total. The molecule has 0 spiro atoms. The number of rotatable bonds is 5. The van der Waals surface area contributed by atoms with Gasteiger partial charge in [-0.2, -0.15) is 13.2 Å². The van der Waals surface area contributed by atoms with E-state index < -0.39 is 31.7 Å². The van der Waals surface area contributed by atoms with Crippen LogP contribution < -0.4 is 4.72 Å². The van der Waals surface area contributed by atoms with Crippen molar-refractivity contribution in [1.29, 1.82) is 0 Å². The van der Waals surface area contributed by atoms with Crippen LogP contribution in [0.4, 0.5) is 13.2 Å². The molecule has 0 fully saturated rings. The van der Waals surface area contributed by atoms with Gasteiger partial charge in [-0.25, -0.2) is 13.1 Å². The summed E-state index contributed by atoms with van der Waals surface area (Å²) in [6, 6.07) is 2.49. The van der Waals surface area contributed by atoms with Crippen molar-refractivity contribution in [3.63, 3.8) is 0 Å². The van der Waals surface area contributed by atoms with Gasteiger partial charge in [0.2, 0.25) is 10.0 Å². The Morgan fingerprint density at radius 3 is 2.55 bits per heavy atom. The highest BCUT2D eigenvalue weighted by atomic mass is 35.5. The molecule has 0 aliphatic carbocycles. The summed E-state index contributed by atoms with van der Waals surface area (Å²) in [4.78, 5) is -0.463. The van der Waals surface area contributed by atoms with E-state index in [0.717, 1.165) is 12.1 Å². The van der Waals surface area contributed by atoms with E-state index in [1.165, 1.54) is 0 Å². The molecule has 0 radical (unpaired) electrons. The van der Waals surface area contributed by atoms with Crippen molar-refractivity contribution in [3.05, 3.63) is 40.9 Å². The van der Waals surface area contributed by atoms with E-state index in [0.29, 0.717) is 12.5 Å². The quantitative estimate of drug-likeness (QED) is 0.663. The first-order valence-corrected chi connectivity index (χ1v) is 7.52. The summed E-state index contributed by atoms with van der Waals surface area (Å²) in [5.41, 5.74) is -1.17. The van der Waals surface area contributed by atoms with E-state index in [-0.39, 0.29) is 6.54 Å². The number of hydrogen-bond acceptors (Lipinski definition) is 2. The summed E-state index contributed by atoms with van der Waals surface area (Å²) in [7, 11) is -3.98. The first-order chi connectivity index (χ1) is 9.18. The molecule has 0 aromatic heterocycles. The monoisotopic (exact) mass is 327 g/mol. The van der Waals surface area contributed by atoms with E-state index in [4.69, 9.17) is 11.6 Å². The van der Waals surface area contributed by atoms with Crippen LogP contribution in [-0.4, -0.2) is 15.0 Å². The van der Waals surface area contributed by atoms with Gasteiger partial charge in [-0.1, -0.05) is 23.8 Å². The molecular formula is C12H13ClF3NO2S. The molecule has 0 aliphatic heterocycles. The van der Waals surface area contributed by atoms with Crippen molar-refractivity contribution in [2.24, 2.45) is 0 Å². The lowest BCUT2D eigenvalue weighted by Crippen LogP contribution is -2.25. The van der Waals surface area contributed by atoms with E-state index in [1.807, 2.05) is 0 Å². The molecule has 0 aliphatic rings. The summed E-state index contributed by atoms with van der Waals surface area (Å²) < 4.78 is 63.9. The van der Waals surface area contributed by atoms with E-state index >= 15 is 0 Å². The van der Waals surface area contributed by atoms with Gasteiger partial charge >= 0.3 is 6.18 Å². The first kappa shape index (κ1) is 17.0. The number of benzene rings is 1. The summed E-state index contributed by atoms with van der Waals surface area (Å²) >= 11 is 5.43. The van der Waals surface area contributed by atoms with E-state index in [2.05, 4.69) is 4.72 Å². The predicted octanol–water partition coefficient (Wildman–Crippen LogP) is 3.60. The minimum atomic E-state index is -4.70. The van der Waals surface area contributed by atoms with Crippen LogP contribution in [0.1, 0.15) is 18.9 Å². The summed E-state index contributed by atoms with van der Waals surface area (Å²) in [6.45, 7) is 1.89. The van der Waals surface area contributed by atoms with Crippen LogP contribution >= 0.6 is 11.6 Å². The van der Waals surface area contributed by atoms with Crippen LogP contribution in [0.2, 0.25) is 5.02 Å². The second-order valence-corrected chi connectivity index (χ2v) is 6.07. The van der Waals surface area contributed by atoms with E-state index in [1.54, 1.807) is 19.1 Å². The number of halogens is 4. The Kier molecular flexibility index (Phi) is 5.61. The largest absolute Gasteiger partial charge is 0.417 e. The lowest BCUT2D eigenvalue weighted by molar-refractivity contribution is -0.137. The molecule has 0 atom stereocenters. The molecule has 112 valence electrons. The standard InChI is InChI=1S/C12H13ClF3NO2S/c1-2-3-4-7-17-20(18,19)9-5-6-11(13)10(8-9)12(14,15)16/h2-3,5-6,8,17H,4,7H2,1H3/b3-2+. The lowest BCUT2D eigenvalue weighted by Gasteiger charge is -2.11. The number of alkyl halides is 3. The number of hydrogen-bond donors (Lipinski definition) is 1. The predicted molar refractivity (Wildman–Crippen MR) is 71.1 cm³/mol. The third kappa shape index (κ3) is 4.50. The van der Waals surface area contributed by atoms with Crippen LogP contribution in [0.5, 0.6) is 0 Å². The van der Waals surface area contributed by atoms with Gasteiger partial charge in [0.15, 0.2) is 0 Å². The third-order valence-electron chi connectivity index (χ3n) is 2.39. The van der Waals surface area contributed by atoms with Crippen LogP contribution in [0.15, 0.2) is 35.2 Å². The molecule has 0 saturated heterocycles. The maximum absolute atomic E-state index is 12.7. The molecule has 1 aromatic carbocycles. The van der Waals surface area contributed by atoms with Gasteiger partial charge in [0.05, 0.1) is 15.5 Å². The molecule has 0 unspecified atom stereocenters. The van der Waals surface area contributed by atoms with Crippen molar-refractivity contribution in [2.45, 2.75) is 24.4 Å². The molecule has 0 saturated carbocycles. The van der Waals surface area contributed by atoms with Crippen molar-refractivity contribution in [2.75, 3.05) is 6.54 Å². The third-order valence-corrected chi connectivity index (χ3v) is 4.18. The fraction of sp³-hybridized carbons (Fsp3) is 0.333. The van der Waals surface area contributed by atoms with Crippen molar-refractivity contribution < 1.29 is 21.6 Å². The molecule has 0 amide bonds. The van der Waals surface area contributed by atoms with Gasteiger partial charge in [-0.15, -0.1) is 0 Å². The Morgan fingerprint density at radius 2 is 2.00 bits per heavy atom. The highest BCUT2D eigenvalue weighted by molar-refractivity contribution is 7.89. The average molecular weight is 328 g/mol. The molecule has 1 rings (SSSR count). The Labute approximate surface area is 120 Å². The maximum atomic E-state index is 12.7. The van der Waals surface area contributed by atoms with Gasteiger partial charge in [0.25, 0.3) is 0 Å². The fourth-order valence-corrected chi connectivity index (χ4v) is 2.71. The molecule has 3 nitrogen and oxygen atoms in total. The topological polar surface area (TPSA) is 46.2 Å². The Morgan fingerprint density at radius 1 is 1.35 bits per heavy atom. The zero-order valence-electron chi connectivity index (χ0n) is 10.5. The Balaban J connectivity index is 3.02. The van der Waals surface area contributed by atoms with Gasteiger partial charge < -0.3 is 0 Å². The highest BCUT2D eigenvalue weighted by Gasteiger charge is 2.34.